The summed E-state index contributed by atoms with van der Waals surface area (Å²) in [6, 6.07) is 0.170. The summed E-state index contributed by atoms with van der Waals surface area (Å²) < 4.78 is 0. The number of nitrogens with one attached hydrogen (secondary N) is 1. The first-order chi connectivity index (χ1) is 6.97. The van der Waals surface area contributed by atoms with Crippen LogP contribution in [-0.2, 0) is 4.79 Å². The molecule has 4 heteroatoms. The first-order valence-electron chi connectivity index (χ1n) is 5.59. The molecule has 0 aliphatic carbocycles. The predicted molar refractivity (Wildman–Crippen MR) is 61.7 cm³/mol. The summed E-state index contributed by atoms with van der Waals surface area (Å²) in [7, 11) is 3.52. The summed E-state index contributed by atoms with van der Waals surface area (Å²) in [6.45, 7) is 4.71. The van der Waals surface area contributed by atoms with Crippen LogP contribution in [0, 0.1) is 0 Å². The normalized spacial score (nSPS) is 14.7. The van der Waals surface area contributed by atoms with E-state index in [0.717, 1.165) is 19.4 Å². The van der Waals surface area contributed by atoms with Crippen LogP contribution in [-0.4, -0.2) is 48.7 Å². The van der Waals surface area contributed by atoms with E-state index >= 15 is 0 Å². The zero-order valence-electron chi connectivity index (χ0n) is 10.3. The van der Waals surface area contributed by atoms with Crippen LogP contribution in [0.4, 0.5) is 0 Å². The Hall–Kier alpha value is -0.610. The number of carbonyl (C=O) groups is 1. The Kier molecular flexibility index (Phi) is 7.34. The molecule has 90 valence electrons. The van der Waals surface area contributed by atoms with Gasteiger partial charge in [-0.25, -0.2) is 0 Å². The Bertz CT molecular complexity index is 183. The Morgan fingerprint density at radius 1 is 1.47 bits per heavy atom. The molecule has 2 N–H and O–H groups in total. The first kappa shape index (κ1) is 14.4. The fraction of sp³-hybridized carbons (Fsp3) is 0.909. The third-order valence-corrected chi connectivity index (χ3v) is 2.42. The van der Waals surface area contributed by atoms with Crippen molar-refractivity contribution in [2.75, 3.05) is 20.6 Å². The van der Waals surface area contributed by atoms with E-state index in [-0.39, 0.29) is 18.1 Å². The highest BCUT2D eigenvalue weighted by Crippen LogP contribution is 1.98. The van der Waals surface area contributed by atoms with Gasteiger partial charge in [0.15, 0.2) is 0 Å². The number of nitrogens with zero attached hydrogens (tertiary/aromatic N) is 1. The Balaban J connectivity index is 3.57. The molecule has 2 unspecified atom stereocenters. The molecule has 0 heterocycles. The van der Waals surface area contributed by atoms with E-state index in [1.165, 1.54) is 0 Å². The lowest BCUT2D eigenvalue weighted by Gasteiger charge is -2.17. The summed E-state index contributed by atoms with van der Waals surface area (Å²) in [6.07, 6.45) is 1.81. The minimum absolute atomic E-state index is 0.131. The van der Waals surface area contributed by atoms with Crippen molar-refractivity contribution in [2.45, 2.75) is 45.3 Å². The van der Waals surface area contributed by atoms with E-state index in [2.05, 4.69) is 5.32 Å². The summed E-state index contributed by atoms with van der Waals surface area (Å²) in [5.74, 6) is 0.131. The monoisotopic (exact) mass is 216 g/mol. The van der Waals surface area contributed by atoms with E-state index in [4.69, 9.17) is 0 Å². The van der Waals surface area contributed by atoms with Crippen LogP contribution in [0.15, 0.2) is 0 Å². The van der Waals surface area contributed by atoms with E-state index in [0.29, 0.717) is 6.42 Å². The van der Waals surface area contributed by atoms with Crippen molar-refractivity contribution in [1.82, 2.24) is 10.2 Å². The van der Waals surface area contributed by atoms with Crippen molar-refractivity contribution in [3.05, 3.63) is 0 Å². The lowest BCUT2D eigenvalue weighted by Crippen LogP contribution is -2.34. The van der Waals surface area contributed by atoms with Crippen LogP contribution >= 0.6 is 0 Å². The molecule has 15 heavy (non-hydrogen) atoms. The summed E-state index contributed by atoms with van der Waals surface area (Å²) in [5, 5.41) is 12.6. The highest BCUT2D eigenvalue weighted by atomic mass is 16.3. The number of aliphatic hydroxyl groups excluding tert-OH is 1. The second-order valence-corrected chi connectivity index (χ2v) is 4.20. The Morgan fingerprint density at radius 2 is 2.07 bits per heavy atom. The summed E-state index contributed by atoms with van der Waals surface area (Å²) in [5.41, 5.74) is 0. The molecule has 0 radical (unpaired) electrons. The molecule has 2 atom stereocenters. The highest BCUT2D eigenvalue weighted by Gasteiger charge is 2.10. The van der Waals surface area contributed by atoms with Crippen molar-refractivity contribution in [3.63, 3.8) is 0 Å². The largest absolute Gasteiger partial charge is 0.393 e. The predicted octanol–water partition coefficient (Wildman–Crippen LogP) is 0.604. The lowest BCUT2D eigenvalue weighted by atomic mass is 10.2. The van der Waals surface area contributed by atoms with Crippen LogP contribution in [0.5, 0.6) is 0 Å². The topological polar surface area (TPSA) is 52.6 Å². The first-order valence-corrected chi connectivity index (χ1v) is 5.59. The SMILES string of the molecule is CCC(O)CCNC(C)CC(=O)N(C)C. The van der Waals surface area contributed by atoms with Crippen LogP contribution in [0.25, 0.3) is 0 Å². The summed E-state index contributed by atoms with van der Waals surface area (Å²) in [4.78, 5) is 12.9. The van der Waals surface area contributed by atoms with Crippen LogP contribution in [0.3, 0.4) is 0 Å². The van der Waals surface area contributed by atoms with Gasteiger partial charge in [0.05, 0.1) is 6.10 Å². The average molecular weight is 216 g/mol. The van der Waals surface area contributed by atoms with Gasteiger partial charge in [-0.1, -0.05) is 6.92 Å². The molecule has 0 aromatic rings. The molecule has 0 aliphatic rings. The fourth-order valence-electron chi connectivity index (χ4n) is 1.22. The van der Waals surface area contributed by atoms with Gasteiger partial charge >= 0.3 is 0 Å². The molecule has 0 aromatic carbocycles. The minimum Gasteiger partial charge on any atom is -0.393 e. The second kappa shape index (κ2) is 7.65. The van der Waals surface area contributed by atoms with Crippen molar-refractivity contribution >= 4 is 5.91 Å². The zero-order valence-corrected chi connectivity index (χ0v) is 10.3. The van der Waals surface area contributed by atoms with Gasteiger partial charge in [0, 0.05) is 26.6 Å². The number of aliphatic hydroxyl groups is 1. The van der Waals surface area contributed by atoms with Gasteiger partial charge in [0.25, 0.3) is 0 Å². The molecule has 0 aliphatic heterocycles. The van der Waals surface area contributed by atoms with Crippen molar-refractivity contribution in [2.24, 2.45) is 0 Å². The van der Waals surface area contributed by atoms with Gasteiger partial charge < -0.3 is 15.3 Å². The number of rotatable bonds is 7. The Morgan fingerprint density at radius 3 is 2.53 bits per heavy atom. The highest BCUT2D eigenvalue weighted by molar-refractivity contribution is 5.76. The number of carbonyl (C=O) groups excluding carboxylic acids is 1. The van der Waals surface area contributed by atoms with E-state index in [1.54, 1.807) is 19.0 Å². The van der Waals surface area contributed by atoms with Crippen molar-refractivity contribution in [3.8, 4) is 0 Å². The molecule has 1 amide bonds. The molecule has 0 aromatic heterocycles. The minimum atomic E-state index is -0.228. The van der Waals surface area contributed by atoms with Gasteiger partial charge in [-0.15, -0.1) is 0 Å². The average Bonchev–Trinajstić information content (AvgIpc) is 2.17. The molecule has 0 spiro atoms. The molecule has 0 fully saturated rings. The molecule has 0 rings (SSSR count). The van der Waals surface area contributed by atoms with Gasteiger partial charge in [-0.3, -0.25) is 4.79 Å². The van der Waals surface area contributed by atoms with Crippen LogP contribution in [0.2, 0.25) is 0 Å². The smallest absolute Gasteiger partial charge is 0.223 e. The van der Waals surface area contributed by atoms with Gasteiger partial charge in [0.1, 0.15) is 0 Å². The van der Waals surface area contributed by atoms with Crippen LogP contribution < -0.4 is 5.32 Å². The van der Waals surface area contributed by atoms with Gasteiger partial charge in [-0.2, -0.15) is 0 Å². The fourth-order valence-corrected chi connectivity index (χ4v) is 1.22. The third kappa shape index (κ3) is 7.33. The quantitative estimate of drug-likeness (QED) is 0.655. The maximum absolute atomic E-state index is 11.3. The van der Waals surface area contributed by atoms with Gasteiger partial charge in [-0.05, 0) is 26.3 Å². The molecule has 0 saturated carbocycles. The van der Waals surface area contributed by atoms with Crippen molar-refractivity contribution in [1.29, 1.82) is 0 Å². The molecular formula is C11H24N2O2. The maximum atomic E-state index is 11.3. The number of hydrogen-bond donors (Lipinski definition) is 2. The van der Waals surface area contributed by atoms with E-state index in [1.807, 2.05) is 13.8 Å². The standard InChI is InChI=1S/C11H24N2O2/c1-5-10(14)6-7-12-9(2)8-11(15)13(3)4/h9-10,12,14H,5-8H2,1-4H3. The van der Waals surface area contributed by atoms with E-state index in [9.17, 15) is 9.90 Å². The lowest BCUT2D eigenvalue weighted by molar-refractivity contribution is -0.129. The second-order valence-electron chi connectivity index (χ2n) is 4.20. The number of hydrogen-bond acceptors (Lipinski definition) is 3. The van der Waals surface area contributed by atoms with Gasteiger partial charge in [0.2, 0.25) is 5.91 Å². The van der Waals surface area contributed by atoms with Crippen LogP contribution in [0.1, 0.15) is 33.1 Å². The Labute approximate surface area is 92.7 Å². The zero-order chi connectivity index (χ0) is 11.8. The molecular weight excluding hydrogens is 192 g/mol. The number of amides is 1. The van der Waals surface area contributed by atoms with Crippen molar-refractivity contribution < 1.29 is 9.90 Å². The molecule has 0 saturated heterocycles. The third-order valence-electron chi connectivity index (χ3n) is 2.42. The van der Waals surface area contributed by atoms with E-state index < -0.39 is 0 Å². The molecule has 4 nitrogen and oxygen atoms in total. The molecule has 0 bridgehead atoms. The maximum Gasteiger partial charge on any atom is 0.223 e. The summed E-state index contributed by atoms with van der Waals surface area (Å²) >= 11 is 0.